The Bertz CT molecular complexity index is 2290. The Morgan fingerprint density at radius 2 is 1.35 bits per heavy atom. The fourth-order valence-electron chi connectivity index (χ4n) is 6.85. The number of aliphatic hydroxyl groups excluding tert-OH is 1. The number of ketones is 1. The number of aromatic nitrogens is 3. The second-order valence-corrected chi connectivity index (χ2v) is 17.1. The normalized spacial score (nSPS) is 12.1. The third-order valence-corrected chi connectivity index (χ3v) is 11.0. The van der Waals surface area contributed by atoms with Gasteiger partial charge in [-0.3, -0.25) is 34.4 Å². The number of carboxylic acid groups (broad SMARTS) is 2. The number of rotatable bonds is 42. The number of nitrogens with one attached hydrogen (secondary N) is 6. The lowest BCUT2D eigenvalue weighted by atomic mass is 10.1. The van der Waals surface area contributed by atoms with E-state index in [0.717, 1.165) is 49.2 Å². The van der Waals surface area contributed by atoms with Crippen molar-refractivity contribution in [3.8, 4) is 11.5 Å². The maximum Gasteiger partial charge on any atom is 0.328 e. The molecule has 75 heavy (non-hydrogen) atoms. The summed E-state index contributed by atoms with van der Waals surface area (Å²) in [4.78, 5) is 77.6. The number of aliphatic hydroxyl groups is 1. The van der Waals surface area contributed by atoms with Gasteiger partial charge in [-0.2, -0.15) is 0 Å². The summed E-state index contributed by atoms with van der Waals surface area (Å²) in [6.07, 6.45) is 10.8. The average molecular weight is 1050 g/mol. The Kier molecular flexibility index (Phi) is 29.3. The minimum Gasteiger partial charge on any atom is -0.494 e. The molecule has 1 heterocycles. The van der Waals surface area contributed by atoms with Gasteiger partial charge in [-0.25, -0.2) is 20.3 Å². The summed E-state index contributed by atoms with van der Waals surface area (Å²) < 4.78 is 24.5. The summed E-state index contributed by atoms with van der Waals surface area (Å²) in [5, 5.41) is 49.3. The van der Waals surface area contributed by atoms with Gasteiger partial charge in [0, 0.05) is 17.7 Å². The fourth-order valence-corrected chi connectivity index (χ4v) is 6.85. The van der Waals surface area contributed by atoms with Crippen molar-refractivity contribution in [2.24, 2.45) is 22.2 Å². The predicted molar refractivity (Wildman–Crippen MR) is 275 cm³/mol. The molecule has 3 amide bonds. The van der Waals surface area contributed by atoms with Crippen molar-refractivity contribution in [3.63, 3.8) is 0 Å². The van der Waals surface area contributed by atoms with Crippen LogP contribution >= 0.6 is 0 Å². The van der Waals surface area contributed by atoms with Crippen molar-refractivity contribution in [1.82, 2.24) is 41.8 Å². The van der Waals surface area contributed by atoms with Crippen LogP contribution in [0.15, 0.2) is 66.3 Å². The Labute approximate surface area is 435 Å². The zero-order chi connectivity index (χ0) is 54.8. The van der Waals surface area contributed by atoms with Gasteiger partial charge in [-0.1, -0.05) is 62.4 Å². The Balaban J connectivity index is 1.26. The molecule has 0 aliphatic heterocycles. The number of nitrogens with two attached hydrogens (primary N) is 3. The maximum absolute atomic E-state index is 13.1. The van der Waals surface area contributed by atoms with E-state index >= 15 is 0 Å². The molecule has 0 aliphatic rings. The molecule has 3 aromatic rings. The largest absolute Gasteiger partial charge is 0.494 e. The number of nitrogen functional groups attached to an aromatic ring is 1. The van der Waals surface area contributed by atoms with Crippen LogP contribution in [0.3, 0.4) is 0 Å². The average Bonchev–Trinajstić information content (AvgIpc) is 3.86. The molecule has 26 heteroatoms. The van der Waals surface area contributed by atoms with Crippen molar-refractivity contribution < 1.29 is 63.0 Å². The monoisotopic (exact) mass is 1050 g/mol. The van der Waals surface area contributed by atoms with Gasteiger partial charge in [-0.15, -0.1) is 5.10 Å². The number of benzene rings is 2. The van der Waals surface area contributed by atoms with E-state index in [4.69, 9.17) is 46.7 Å². The summed E-state index contributed by atoms with van der Waals surface area (Å²) in [5.74, 6) is -4.98. The highest BCUT2D eigenvalue weighted by atomic mass is 16.5. The number of amidine groups is 1. The Hall–Kier alpha value is -7.52. The van der Waals surface area contributed by atoms with Crippen LogP contribution in [-0.4, -0.2) is 155 Å². The number of carbonyl (C=O) groups excluding carboxylic acids is 4. The molecule has 3 atom stereocenters. The molecule has 2 aromatic carbocycles. The maximum atomic E-state index is 13.1. The zero-order valence-corrected chi connectivity index (χ0v) is 42.1. The fraction of sp³-hybridized carbons (Fsp3) is 0.510. The molecule has 1 aromatic heterocycles. The number of aliphatic imine (C=N–C) groups is 1. The standard InChI is InChI=1S/C49H73N13O13/c1-33(42(64)28-56-59-38(11-10-21-54-49(52)53)46(68)55-29-43(65)57-39(27-44(66)67)47(69)58-41(31-63)48(70)71)40-30-62(61-60-40)32-73-26-25-72-24-20-34-12-16-36(17-13-34)74-22-8-6-4-2-3-5-7-9-23-75-37-18-14-35(15-19-37)45(50)51/h12-19,30,38-39,41,56,59,63H,1-11,20-29,31-32H2,(H3,50,51)(H,55,68)(H,57,65)(H,58,69)(H,66,67)(H,70,71)(H4,52,53,54)/t38-,39-,41-/m0/s1. The van der Waals surface area contributed by atoms with Crippen molar-refractivity contribution >= 4 is 52.8 Å². The van der Waals surface area contributed by atoms with Crippen molar-refractivity contribution in [1.29, 1.82) is 5.41 Å². The van der Waals surface area contributed by atoms with Gasteiger partial charge < -0.3 is 67.4 Å². The summed E-state index contributed by atoms with van der Waals surface area (Å²) >= 11 is 0. The van der Waals surface area contributed by atoms with Gasteiger partial charge in [-0.05, 0) is 74.1 Å². The molecular weight excluding hydrogens is 979 g/mol. The number of amides is 3. The summed E-state index contributed by atoms with van der Waals surface area (Å²) in [5.41, 5.74) is 23.6. The molecule has 0 bridgehead atoms. The van der Waals surface area contributed by atoms with Crippen LogP contribution < -0.4 is 53.5 Å². The van der Waals surface area contributed by atoms with E-state index in [0.29, 0.717) is 32.0 Å². The molecule has 0 radical (unpaired) electrons. The third-order valence-electron chi connectivity index (χ3n) is 11.0. The first-order valence-electron chi connectivity index (χ1n) is 24.6. The first-order valence-corrected chi connectivity index (χ1v) is 24.6. The van der Waals surface area contributed by atoms with Crippen LogP contribution in [0.25, 0.3) is 5.57 Å². The molecule has 0 spiro atoms. The lowest BCUT2D eigenvalue weighted by molar-refractivity contribution is -0.144. The first-order chi connectivity index (χ1) is 36.1. The molecule has 0 saturated heterocycles. The van der Waals surface area contributed by atoms with Crippen LogP contribution in [-0.2, 0) is 51.4 Å². The Morgan fingerprint density at radius 1 is 0.733 bits per heavy atom. The second-order valence-electron chi connectivity index (χ2n) is 17.1. The van der Waals surface area contributed by atoms with Crippen molar-refractivity contribution in [3.05, 3.63) is 78.1 Å². The summed E-state index contributed by atoms with van der Waals surface area (Å²) in [6, 6.07) is 10.7. The van der Waals surface area contributed by atoms with E-state index in [9.17, 15) is 39.0 Å². The van der Waals surface area contributed by atoms with Gasteiger partial charge in [0.1, 0.15) is 41.8 Å². The van der Waals surface area contributed by atoms with Gasteiger partial charge in [0.15, 0.2) is 11.7 Å². The van der Waals surface area contributed by atoms with Gasteiger partial charge >= 0.3 is 11.9 Å². The van der Waals surface area contributed by atoms with E-state index in [-0.39, 0.29) is 62.3 Å². The van der Waals surface area contributed by atoms with E-state index in [1.54, 1.807) is 12.1 Å². The molecule has 0 unspecified atom stereocenters. The molecule has 0 aliphatic carbocycles. The van der Waals surface area contributed by atoms with Crippen molar-refractivity contribution in [2.75, 3.05) is 59.3 Å². The van der Waals surface area contributed by atoms with Crippen LogP contribution in [0.2, 0.25) is 0 Å². The number of carbonyl (C=O) groups is 6. The molecule has 0 saturated carbocycles. The van der Waals surface area contributed by atoms with Crippen molar-refractivity contribution in [2.45, 2.75) is 102 Å². The molecule has 0 fully saturated rings. The van der Waals surface area contributed by atoms with Gasteiger partial charge in [0.25, 0.3) is 0 Å². The Morgan fingerprint density at radius 3 is 1.93 bits per heavy atom. The molecule has 412 valence electrons. The number of guanidine groups is 1. The minimum absolute atomic E-state index is 0.0156. The summed E-state index contributed by atoms with van der Waals surface area (Å²) in [7, 11) is 0. The topological polar surface area (TPSA) is 405 Å². The molecule has 3 rings (SSSR count). The number of unbranched alkanes of at least 4 members (excludes halogenated alkanes) is 7. The highest BCUT2D eigenvalue weighted by molar-refractivity contribution is 6.20. The van der Waals surface area contributed by atoms with Crippen LogP contribution in [0.5, 0.6) is 11.5 Å². The second kappa shape index (κ2) is 35.6. The van der Waals surface area contributed by atoms with Crippen LogP contribution in [0.1, 0.15) is 87.4 Å². The van der Waals surface area contributed by atoms with E-state index in [2.05, 4.69) is 43.4 Å². The number of hydrazine groups is 1. The zero-order valence-electron chi connectivity index (χ0n) is 42.1. The minimum atomic E-state index is -1.75. The van der Waals surface area contributed by atoms with Gasteiger partial charge in [0.2, 0.25) is 17.7 Å². The van der Waals surface area contributed by atoms with Crippen LogP contribution in [0, 0.1) is 5.41 Å². The SMILES string of the molecule is C=C(C(=O)CNN[C@@H](CCCN=C(N)N)C(=O)NCC(=O)N[C@@H](CC(=O)O)C(=O)N[C@@H](CO)C(=O)O)c1cn(COCCOCCc2ccc(OCCCCCCCCCCOc3ccc(C(=N)N)cc3)cc2)nn1. The lowest BCUT2D eigenvalue weighted by Gasteiger charge is -2.21. The highest BCUT2D eigenvalue weighted by Gasteiger charge is 2.28. The number of Topliss-reactive ketones (excluding diaryl/α,β-unsaturated/α-hetero) is 1. The molecule has 15 N–H and O–H groups in total. The smallest absolute Gasteiger partial charge is 0.328 e. The highest BCUT2D eigenvalue weighted by Crippen LogP contribution is 2.16. The van der Waals surface area contributed by atoms with E-state index < -0.39 is 73.1 Å². The first kappa shape index (κ1) is 61.8. The number of ether oxygens (including phenoxy) is 4. The lowest BCUT2D eigenvalue weighted by Crippen LogP contribution is -2.56. The summed E-state index contributed by atoms with van der Waals surface area (Å²) in [6.45, 7) is 4.41. The third kappa shape index (κ3) is 26.3. The number of nitrogens with zero attached hydrogens (tertiary/aromatic N) is 4. The quantitative estimate of drug-likeness (QED) is 0.0118. The van der Waals surface area contributed by atoms with Crippen LogP contribution in [0.4, 0.5) is 0 Å². The molecule has 26 nitrogen and oxygen atoms in total. The predicted octanol–water partition coefficient (Wildman–Crippen LogP) is 0.110. The van der Waals surface area contributed by atoms with E-state index in [1.807, 2.05) is 41.7 Å². The number of carboxylic acids is 2. The van der Waals surface area contributed by atoms with E-state index in [1.165, 1.54) is 36.6 Å². The van der Waals surface area contributed by atoms with Gasteiger partial charge in [0.05, 0.1) is 71.4 Å². The number of aliphatic carboxylic acids is 2. The number of hydrogen-bond acceptors (Lipinski definition) is 17. The molecular formula is C49H73N13O13. The number of hydrogen-bond donors (Lipinski definition) is 12.